The van der Waals surface area contributed by atoms with E-state index in [1.807, 2.05) is 60.7 Å². The van der Waals surface area contributed by atoms with Gasteiger partial charge in [0.2, 0.25) is 0 Å². The van der Waals surface area contributed by atoms with Gasteiger partial charge in [0.25, 0.3) is 5.91 Å². The third kappa shape index (κ3) is 6.31. The number of allylic oxidation sites excluding steroid dienone is 1. The number of pyridine rings is 1. The predicted octanol–water partition coefficient (Wildman–Crippen LogP) is 6.18. The highest BCUT2D eigenvalue weighted by Crippen LogP contribution is 2.28. The molecule has 7 heteroatoms. The number of H-pyrrole nitrogens is 1. The summed E-state index contributed by atoms with van der Waals surface area (Å²) in [4.78, 5) is 31.6. The summed E-state index contributed by atoms with van der Waals surface area (Å²) in [6, 6.07) is 26.3. The Morgan fingerprint density at radius 2 is 1.59 bits per heavy atom. The molecular formula is C34H33N3O4. The van der Waals surface area contributed by atoms with Gasteiger partial charge in [0, 0.05) is 35.1 Å². The van der Waals surface area contributed by atoms with Crippen LogP contribution in [0.2, 0.25) is 0 Å². The fourth-order valence-corrected chi connectivity index (χ4v) is 4.89. The molecule has 0 aliphatic carbocycles. The molecule has 0 aliphatic rings. The Morgan fingerprint density at radius 1 is 0.854 bits per heavy atom. The molecular weight excluding hydrogens is 514 g/mol. The first-order valence-electron chi connectivity index (χ1n) is 13.5. The fourth-order valence-electron chi connectivity index (χ4n) is 4.89. The molecule has 1 amide bonds. The first-order chi connectivity index (χ1) is 20.0. The van der Waals surface area contributed by atoms with Crippen molar-refractivity contribution in [2.75, 3.05) is 33.1 Å². The third-order valence-electron chi connectivity index (χ3n) is 7.03. The summed E-state index contributed by atoms with van der Waals surface area (Å²) in [5.41, 5.74) is 4.56. The Labute approximate surface area is 239 Å². The number of likely N-dealkylation sites (N-methyl/N-ethyl adjacent to an activating group) is 1. The van der Waals surface area contributed by atoms with Gasteiger partial charge in [-0.25, -0.2) is 0 Å². The maximum Gasteiger partial charge on any atom is 0.257 e. The maximum atomic E-state index is 13.2. The summed E-state index contributed by atoms with van der Waals surface area (Å²) < 4.78 is 10.7. The van der Waals surface area contributed by atoms with E-state index in [1.165, 1.54) is 0 Å². The van der Waals surface area contributed by atoms with E-state index in [0.29, 0.717) is 33.1 Å². The number of benzene rings is 4. The molecule has 0 bridgehead atoms. The Morgan fingerprint density at radius 3 is 2.37 bits per heavy atom. The Kier molecular flexibility index (Phi) is 8.46. The van der Waals surface area contributed by atoms with E-state index in [1.54, 1.807) is 38.5 Å². The van der Waals surface area contributed by atoms with Crippen LogP contribution in [0.25, 0.3) is 21.8 Å². The van der Waals surface area contributed by atoms with E-state index in [9.17, 15) is 9.59 Å². The third-order valence-corrected chi connectivity index (χ3v) is 7.03. The Balaban J connectivity index is 1.18. The molecule has 0 atom stereocenters. The summed E-state index contributed by atoms with van der Waals surface area (Å²) in [5, 5.41) is 4.06. The van der Waals surface area contributed by atoms with Crippen molar-refractivity contribution in [3.05, 3.63) is 124 Å². The molecule has 2 N–H and O–H groups in total. The zero-order chi connectivity index (χ0) is 28.8. The maximum absolute atomic E-state index is 13.2. The number of carbonyl (C=O) groups excluding carboxylic acids is 1. The topological polar surface area (TPSA) is 83.7 Å². The molecule has 0 saturated carbocycles. The van der Waals surface area contributed by atoms with Crippen LogP contribution in [0, 0.1) is 0 Å². The largest absolute Gasteiger partial charge is 0.493 e. The highest BCUT2D eigenvalue weighted by molar-refractivity contribution is 6.13. The molecule has 41 heavy (non-hydrogen) atoms. The molecule has 1 aromatic heterocycles. The number of nitrogens with zero attached hydrogens (tertiary/aromatic N) is 1. The fraction of sp³-hybridized carbons (Fsp3) is 0.176. The minimum Gasteiger partial charge on any atom is -0.493 e. The lowest BCUT2D eigenvalue weighted by Gasteiger charge is -2.16. The number of nitrogens with one attached hydrogen (secondary N) is 2. The van der Waals surface area contributed by atoms with Crippen LogP contribution >= 0.6 is 0 Å². The molecule has 208 valence electrons. The second-order valence-electron chi connectivity index (χ2n) is 9.94. The normalized spacial score (nSPS) is 11.4. The molecule has 0 spiro atoms. The number of fused-ring (bicyclic) bond motifs is 2. The zero-order valence-corrected chi connectivity index (χ0v) is 23.4. The van der Waals surface area contributed by atoms with Crippen LogP contribution in [0.4, 0.5) is 5.69 Å². The number of para-hydroxylation sites is 2. The number of aromatic amines is 1. The van der Waals surface area contributed by atoms with Gasteiger partial charge in [-0.2, -0.15) is 0 Å². The number of anilines is 1. The van der Waals surface area contributed by atoms with Crippen LogP contribution in [0.5, 0.6) is 11.5 Å². The van der Waals surface area contributed by atoms with E-state index >= 15 is 0 Å². The van der Waals surface area contributed by atoms with E-state index < -0.39 is 0 Å². The van der Waals surface area contributed by atoms with Gasteiger partial charge in [-0.15, -0.1) is 0 Å². The van der Waals surface area contributed by atoms with Crippen molar-refractivity contribution < 1.29 is 14.3 Å². The second kappa shape index (κ2) is 12.5. The molecule has 5 rings (SSSR count). The number of aromatic nitrogens is 1. The van der Waals surface area contributed by atoms with Crippen molar-refractivity contribution in [1.82, 2.24) is 9.88 Å². The Bertz CT molecular complexity index is 1770. The van der Waals surface area contributed by atoms with Crippen molar-refractivity contribution in [3.63, 3.8) is 0 Å². The number of amides is 1. The van der Waals surface area contributed by atoms with Gasteiger partial charge in [0.05, 0.1) is 25.3 Å². The second-order valence-corrected chi connectivity index (χ2v) is 9.94. The lowest BCUT2D eigenvalue weighted by Crippen LogP contribution is -2.17. The summed E-state index contributed by atoms with van der Waals surface area (Å²) in [6.45, 7) is 1.60. The zero-order valence-electron chi connectivity index (χ0n) is 23.4. The number of methoxy groups -OCH3 is 2. The molecule has 5 aromatic rings. The van der Waals surface area contributed by atoms with Crippen LogP contribution in [-0.2, 0) is 13.0 Å². The minimum atomic E-state index is -0.272. The van der Waals surface area contributed by atoms with Crippen molar-refractivity contribution in [2.24, 2.45) is 0 Å². The number of rotatable bonds is 10. The summed E-state index contributed by atoms with van der Waals surface area (Å²) in [7, 11) is 5.35. The monoisotopic (exact) mass is 547 g/mol. The molecule has 0 unspecified atom stereocenters. The van der Waals surface area contributed by atoms with Crippen LogP contribution < -0.4 is 20.2 Å². The quantitative estimate of drug-likeness (QED) is 0.161. The summed E-state index contributed by atoms with van der Waals surface area (Å²) in [5.74, 6) is 1.18. The van der Waals surface area contributed by atoms with Gasteiger partial charge in [0.1, 0.15) is 0 Å². The van der Waals surface area contributed by atoms with Gasteiger partial charge in [-0.3, -0.25) is 14.5 Å². The van der Waals surface area contributed by atoms with E-state index in [2.05, 4.69) is 34.4 Å². The number of ether oxygens (including phenoxy) is 2. The average molecular weight is 548 g/mol. The number of hydrogen-bond donors (Lipinski definition) is 2. The van der Waals surface area contributed by atoms with Gasteiger partial charge >= 0.3 is 0 Å². The molecule has 0 aliphatic heterocycles. The summed E-state index contributed by atoms with van der Waals surface area (Å²) in [6.07, 6.45) is 5.09. The number of hydrogen-bond acceptors (Lipinski definition) is 5. The highest BCUT2D eigenvalue weighted by Gasteiger charge is 2.14. The number of carbonyl (C=O) groups is 1. The lowest BCUT2D eigenvalue weighted by molar-refractivity contribution is 0.102. The Hall–Kier alpha value is -4.88. The molecule has 1 heterocycles. The minimum absolute atomic E-state index is 0.0893. The molecule has 4 aromatic carbocycles. The van der Waals surface area contributed by atoms with Gasteiger partial charge in [-0.05, 0) is 73.1 Å². The van der Waals surface area contributed by atoms with E-state index in [0.717, 1.165) is 42.1 Å². The molecule has 0 radical (unpaired) electrons. The van der Waals surface area contributed by atoms with Crippen LogP contribution in [0.3, 0.4) is 0 Å². The first-order valence-corrected chi connectivity index (χ1v) is 13.5. The van der Waals surface area contributed by atoms with Gasteiger partial charge in [-0.1, -0.05) is 48.6 Å². The predicted molar refractivity (Wildman–Crippen MR) is 165 cm³/mol. The lowest BCUT2D eigenvalue weighted by atomic mass is 10.1. The van der Waals surface area contributed by atoms with Crippen molar-refractivity contribution in [3.8, 4) is 11.5 Å². The van der Waals surface area contributed by atoms with Crippen molar-refractivity contribution in [1.29, 1.82) is 0 Å². The van der Waals surface area contributed by atoms with Crippen molar-refractivity contribution >= 4 is 33.4 Å². The first kappa shape index (κ1) is 27.7. The van der Waals surface area contributed by atoms with Gasteiger partial charge in [0.15, 0.2) is 16.9 Å². The van der Waals surface area contributed by atoms with Crippen LogP contribution in [0.15, 0.2) is 102 Å². The highest BCUT2D eigenvalue weighted by atomic mass is 16.5. The molecule has 7 nitrogen and oxygen atoms in total. The van der Waals surface area contributed by atoms with Crippen LogP contribution in [-0.4, -0.2) is 43.6 Å². The molecule has 0 saturated heterocycles. The molecule has 0 fully saturated rings. The van der Waals surface area contributed by atoms with E-state index in [4.69, 9.17) is 9.47 Å². The standard InChI is InChI=1S/C34H33N3O4/c1-37(22-24-16-19-30(40-2)31(21-24)41-3)20-7-6-9-23-14-17-25(18-15-23)35-34(39)28-12-8-11-27-32(28)36-29-13-5-4-10-26(29)33(27)38/h4-8,10-19,21H,9,20,22H2,1-3H3,(H,35,39)(H,36,38)/b7-6+. The SMILES string of the molecule is COc1ccc(CN(C)C/C=C/Cc2ccc(NC(=O)c3cccc4c(=O)c5ccccc5[nH]c34)cc2)cc1OC. The van der Waals surface area contributed by atoms with Crippen molar-refractivity contribution in [2.45, 2.75) is 13.0 Å². The van der Waals surface area contributed by atoms with E-state index in [-0.39, 0.29) is 11.3 Å². The average Bonchev–Trinajstić information content (AvgIpc) is 3.00. The van der Waals surface area contributed by atoms with Gasteiger partial charge < -0.3 is 19.8 Å². The summed E-state index contributed by atoms with van der Waals surface area (Å²) >= 11 is 0. The van der Waals surface area contributed by atoms with Crippen LogP contribution in [0.1, 0.15) is 21.5 Å². The smallest absolute Gasteiger partial charge is 0.257 e.